The molecule has 3 rings (SSSR count). The first-order valence-corrected chi connectivity index (χ1v) is 6.81. The van der Waals surface area contributed by atoms with Gasteiger partial charge in [-0.1, -0.05) is 24.3 Å². The van der Waals surface area contributed by atoms with Crippen LogP contribution in [-0.2, 0) is 11.2 Å². The van der Waals surface area contributed by atoms with Gasteiger partial charge in [0.25, 0.3) is 0 Å². The number of rotatable bonds is 4. The van der Waals surface area contributed by atoms with Crippen molar-refractivity contribution in [2.24, 2.45) is 0 Å². The fraction of sp³-hybridized carbons (Fsp3) is 0.200. The Bertz CT molecular complexity index is 651. The molecule has 108 valence electrons. The molecule has 0 saturated carbocycles. The number of para-hydroxylation sites is 1. The van der Waals surface area contributed by atoms with Crippen LogP contribution in [0.15, 0.2) is 36.5 Å². The molecule has 5 N–H and O–H groups in total. The zero-order chi connectivity index (χ0) is 14.7. The molecule has 0 fully saturated rings. The minimum atomic E-state index is -0.196. The topological polar surface area (TPSA) is 95.8 Å². The Morgan fingerprint density at radius 3 is 3.10 bits per heavy atom. The van der Waals surface area contributed by atoms with Crippen molar-refractivity contribution in [3.8, 4) is 0 Å². The molecule has 0 saturated heterocycles. The van der Waals surface area contributed by atoms with Gasteiger partial charge in [-0.15, -0.1) is 0 Å². The lowest BCUT2D eigenvalue weighted by Crippen LogP contribution is -2.38. The summed E-state index contributed by atoms with van der Waals surface area (Å²) >= 11 is 0. The second kappa shape index (κ2) is 5.70. The predicted molar refractivity (Wildman–Crippen MR) is 82.6 cm³/mol. The van der Waals surface area contributed by atoms with Gasteiger partial charge in [-0.05, 0) is 17.7 Å². The van der Waals surface area contributed by atoms with E-state index < -0.39 is 0 Å². The number of hydrogen-bond acceptors (Lipinski definition) is 4. The van der Waals surface area contributed by atoms with Crippen LogP contribution in [0.1, 0.15) is 11.3 Å². The number of H-pyrrole nitrogens is 1. The molecule has 1 aliphatic heterocycles. The summed E-state index contributed by atoms with van der Waals surface area (Å²) in [6, 6.07) is 7.78. The second-order valence-corrected chi connectivity index (χ2v) is 4.93. The third kappa shape index (κ3) is 3.05. The molecule has 6 nitrogen and oxygen atoms in total. The molecular weight excluding hydrogens is 266 g/mol. The van der Waals surface area contributed by atoms with Crippen molar-refractivity contribution >= 4 is 23.6 Å². The number of nitrogen functional groups attached to an aromatic ring is 1. The van der Waals surface area contributed by atoms with E-state index in [-0.39, 0.29) is 11.9 Å². The zero-order valence-corrected chi connectivity index (χ0v) is 11.5. The lowest BCUT2D eigenvalue weighted by Gasteiger charge is -2.10. The molecule has 1 unspecified atom stereocenters. The van der Waals surface area contributed by atoms with Gasteiger partial charge in [-0.3, -0.25) is 4.79 Å². The summed E-state index contributed by atoms with van der Waals surface area (Å²) in [5.74, 6) is 0.381. The number of fused-ring (bicyclic) bond motifs is 1. The van der Waals surface area contributed by atoms with Crippen LogP contribution in [0.5, 0.6) is 0 Å². The smallest absolute Gasteiger partial charge is 0.243 e. The summed E-state index contributed by atoms with van der Waals surface area (Å²) in [6.07, 6.45) is 6.05. The average molecular weight is 283 g/mol. The van der Waals surface area contributed by atoms with Crippen molar-refractivity contribution in [3.05, 3.63) is 47.8 Å². The molecule has 6 heteroatoms. The summed E-state index contributed by atoms with van der Waals surface area (Å²) in [7, 11) is 0. The summed E-state index contributed by atoms with van der Waals surface area (Å²) in [4.78, 5) is 18.9. The number of nitrogens with one attached hydrogen (secondary N) is 3. The number of aromatic nitrogens is 2. The Balaban J connectivity index is 1.48. The van der Waals surface area contributed by atoms with E-state index in [2.05, 4.69) is 20.6 Å². The number of nitrogens with two attached hydrogens (primary N) is 1. The highest BCUT2D eigenvalue weighted by molar-refractivity contribution is 5.87. The van der Waals surface area contributed by atoms with Crippen LogP contribution >= 0.6 is 0 Å². The summed E-state index contributed by atoms with van der Waals surface area (Å²) in [6.45, 7) is 0.465. The van der Waals surface area contributed by atoms with Crippen LogP contribution in [0.25, 0.3) is 6.08 Å². The molecule has 0 aliphatic carbocycles. The van der Waals surface area contributed by atoms with Gasteiger partial charge in [-0.25, -0.2) is 4.98 Å². The Hall–Kier alpha value is -2.76. The van der Waals surface area contributed by atoms with E-state index in [9.17, 15) is 4.79 Å². The minimum Gasteiger partial charge on any atom is -0.373 e. The SMILES string of the molecule is Nc1ncc(/C=C/CNC(=O)C2Cc3ccccc3N2)[nH]1. The van der Waals surface area contributed by atoms with Gasteiger partial charge in [0.05, 0.1) is 11.9 Å². The molecule has 1 aromatic carbocycles. The molecule has 21 heavy (non-hydrogen) atoms. The summed E-state index contributed by atoms with van der Waals surface area (Å²) < 4.78 is 0. The largest absolute Gasteiger partial charge is 0.373 e. The molecular formula is C15H17N5O. The van der Waals surface area contributed by atoms with Crippen LogP contribution < -0.4 is 16.4 Å². The number of hydrogen-bond donors (Lipinski definition) is 4. The number of carbonyl (C=O) groups excluding carboxylic acids is 1. The van der Waals surface area contributed by atoms with E-state index >= 15 is 0 Å². The number of nitrogens with zero attached hydrogens (tertiary/aromatic N) is 1. The van der Waals surface area contributed by atoms with Crippen molar-refractivity contribution in [1.82, 2.24) is 15.3 Å². The number of imidazole rings is 1. The van der Waals surface area contributed by atoms with Crippen LogP contribution in [0.3, 0.4) is 0 Å². The molecule has 0 radical (unpaired) electrons. The molecule has 1 aromatic heterocycles. The van der Waals surface area contributed by atoms with Crippen molar-refractivity contribution in [3.63, 3.8) is 0 Å². The Labute approximate surface area is 122 Å². The second-order valence-electron chi connectivity index (χ2n) is 4.93. The molecule has 1 aliphatic rings. The standard InChI is InChI=1S/C15H17N5O/c16-15-18-9-11(19-15)5-3-7-17-14(21)13-8-10-4-1-2-6-12(10)20-13/h1-6,9,13,20H,7-8H2,(H,17,21)(H3,16,18,19)/b5-3+. The van der Waals surface area contributed by atoms with Crippen molar-refractivity contribution in [2.45, 2.75) is 12.5 Å². The normalized spacial score (nSPS) is 16.7. The van der Waals surface area contributed by atoms with Gasteiger partial charge < -0.3 is 21.4 Å². The van der Waals surface area contributed by atoms with E-state index in [0.717, 1.165) is 17.8 Å². The van der Waals surface area contributed by atoms with Crippen LogP contribution in [0.4, 0.5) is 11.6 Å². The lowest BCUT2D eigenvalue weighted by atomic mass is 10.1. The van der Waals surface area contributed by atoms with Gasteiger partial charge in [0.1, 0.15) is 6.04 Å². The Morgan fingerprint density at radius 2 is 2.33 bits per heavy atom. The maximum atomic E-state index is 12.1. The quantitative estimate of drug-likeness (QED) is 0.677. The van der Waals surface area contributed by atoms with Gasteiger partial charge in [0.2, 0.25) is 5.91 Å². The third-order valence-electron chi connectivity index (χ3n) is 3.39. The number of amides is 1. The zero-order valence-electron chi connectivity index (χ0n) is 11.5. The van der Waals surface area contributed by atoms with Crippen LogP contribution in [0, 0.1) is 0 Å². The molecule has 1 atom stereocenters. The molecule has 0 bridgehead atoms. The Morgan fingerprint density at radius 1 is 1.48 bits per heavy atom. The summed E-state index contributed by atoms with van der Waals surface area (Å²) in [5, 5.41) is 6.11. The highest BCUT2D eigenvalue weighted by Gasteiger charge is 2.25. The number of anilines is 2. The fourth-order valence-electron chi connectivity index (χ4n) is 2.36. The first kappa shape index (κ1) is 13.2. The van der Waals surface area contributed by atoms with Gasteiger partial charge >= 0.3 is 0 Å². The average Bonchev–Trinajstić information content (AvgIpc) is 3.09. The number of benzene rings is 1. The van der Waals surface area contributed by atoms with Gasteiger partial charge in [0.15, 0.2) is 5.95 Å². The van der Waals surface area contributed by atoms with E-state index in [1.165, 1.54) is 5.56 Å². The van der Waals surface area contributed by atoms with E-state index in [1.54, 1.807) is 6.20 Å². The maximum absolute atomic E-state index is 12.1. The molecule has 2 heterocycles. The first-order valence-electron chi connectivity index (χ1n) is 6.81. The van der Waals surface area contributed by atoms with Gasteiger partial charge in [0, 0.05) is 18.7 Å². The molecule has 2 aromatic rings. The minimum absolute atomic E-state index is 0.0000235. The predicted octanol–water partition coefficient (Wildman–Crippen LogP) is 1.16. The summed E-state index contributed by atoms with van der Waals surface area (Å²) in [5.41, 5.74) is 8.51. The Kier molecular flexibility index (Phi) is 3.59. The molecule has 0 spiro atoms. The van der Waals surface area contributed by atoms with Crippen molar-refractivity contribution in [2.75, 3.05) is 17.6 Å². The highest BCUT2D eigenvalue weighted by atomic mass is 16.2. The van der Waals surface area contributed by atoms with E-state index in [1.807, 2.05) is 36.4 Å². The van der Waals surface area contributed by atoms with Crippen molar-refractivity contribution < 1.29 is 4.79 Å². The highest BCUT2D eigenvalue weighted by Crippen LogP contribution is 2.24. The van der Waals surface area contributed by atoms with Gasteiger partial charge in [-0.2, -0.15) is 0 Å². The van der Waals surface area contributed by atoms with Crippen LogP contribution in [0.2, 0.25) is 0 Å². The van der Waals surface area contributed by atoms with E-state index in [4.69, 9.17) is 5.73 Å². The van der Waals surface area contributed by atoms with Crippen molar-refractivity contribution in [1.29, 1.82) is 0 Å². The first-order chi connectivity index (χ1) is 10.2. The monoisotopic (exact) mass is 283 g/mol. The third-order valence-corrected chi connectivity index (χ3v) is 3.39. The maximum Gasteiger partial charge on any atom is 0.243 e. The fourth-order valence-corrected chi connectivity index (χ4v) is 2.36. The number of carbonyl (C=O) groups is 1. The number of aromatic amines is 1. The lowest BCUT2D eigenvalue weighted by molar-refractivity contribution is -0.121. The van der Waals surface area contributed by atoms with E-state index in [0.29, 0.717) is 12.5 Å². The van der Waals surface area contributed by atoms with Crippen LogP contribution in [-0.4, -0.2) is 28.5 Å². The molecule has 1 amide bonds.